The summed E-state index contributed by atoms with van der Waals surface area (Å²) in [4.78, 5) is 26.7. The lowest BCUT2D eigenvalue weighted by Gasteiger charge is -2.22. The van der Waals surface area contributed by atoms with E-state index in [9.17, 15) is 9.59 Å². The van der Waals surface area contributed by atoms with E-state index in [0.717, 1.165) is 0 Å². The number of nitrogens with one attached hydrogen (secondary N) is 2. The predicted octanol–water partition coefficient (Wildman–Crippen LogP) is -0.111. The van der Waals surface area contributed by atoms with Gasteiger partial charge in [-0.25, -0.2) is 0 Å². The van der Waals surface area contributed by atoms with Crippen LogP contribution in [0.2, 0.25) is 0 Å². The molecule has 0 radical (unpaired) electrons. The molecule has 0 saturated carbocycles. The minimum Gasteiger partial charge on any atom is -0.479 e. The molecular formula is C11H14N4O3. The molecule has 96 valence electrons. The first-order chi connectivity index (χ1) is 8.60. The maximum absolute atomic E-state index is 11.6. The van der Waals surface area contributed by atoms with E-state index in [1.165, 1.54) is 7.11 Å². The molecule has 1 fully saturated rings. The first-order valence-electron chi connectivity index (χ1n) is 5.51. The fraction of sp³-hybridized carbons (Fsp3) is 0.364. The second-order valence-electron chi connectivity index (χ2n) is 3.94. The van der Waals surface area contributed by atoms with Crippen molar-refractivity contribution in [2.75, 3.05) is 18.2 Å². The van der Waals surface area contributed by atoms with Gasteiger partial charge in [0.05, 0.1) is 12.8 Å². The van der Waals surface area contributed by atoms with Crippen LogP contribution in [-0.4, -0.2) is 29.9 Å². The number of ether oxygens (including phenoxy) is 1. The molecule has 2 heterocycles. The number of pyridine rings is 1. The molecule has 1 aliphatic rings. The van der Waals surface area contributed by atoms with Crippen LogP contribution < -0.4 is 21.1 Å². The summed E-state index contributed by atoms with van der Waals surface area (Å²) in [6.45, 7) is 0. The van der Waals surface area contributed by atoms with E-state index in [1.807, 2.05) is 0 Å². The third kappa shape index (κ3) is 2.50. The third-order valence-corrected chi connectivity index (χ3v) is 2.64. The molecule has 2 rings (SSSR count). The molecular weight excluding hydrogens is 236 g/mol. The molecule has 7 heteroatoms. The van der Waals surface area contributed by atoms with Crippen LogP contribution >= 0.6 is 0 Å². The molecule has 0 aliphatic carbocycles. The summed E-state index contributed by atoms with van der Waals surface area (Å²) in [5.41, 5.74) is 6.06. The highest BCUT2D eigenvalue weighted by molar-refractivity contribution is 6.01. The van der Waals surface area contributed by atoms with Crippen LogP contribution in [0.25, 0.3) is 0 Å². The van der Waals surface area contributed by atoms with Crippen LogP contribution in [-0.2, 0) is 9.59 Å². The molecule has 4 N–H and O–H groups in total. The smallest absolute Gasteiger partial charge is 0.249 e. The van der Waals surface area contributed by atoms with Gasteiger partial charge < -0.3 is 15.8 Å². The Hall–Kier alpha value is -2.31. The van der Waals surface area contributed by atoms with Crippen LogP contribution in [0.5, 0.6) is 5.88 Å². The molecule has 1 atom stereocenters. The van der Waals surface area contributed by atoms with E-state index < -0.39 is 6.04 Å². The van der Waals surface area contributed by atoms with Crippen molar-refractivity contribution < 1.29 is 14.3 Å². The van der Waals surface area contributed by atoms with Gasteiger partial charge >= 0.3 is 0 Å². The summed E-state index contributed by atoms with van der Waals surface area (Å²) in [7, 11) is 1.47. The molecule has 1 unspecified atom stereocenters. The number of carbonyl (C=O) groups is 2. The van der Waals surface area contributed by atoms with Crippen LogP contribution in [0.15, 0.2) is 12.1 Å². The second-order valence-corrected chi connectivity index (χ2v) is 3.94. The summed E-state index contributed by atoms with van der Waals surface area (Å²) in [5, 5.41) is 5.21. The van der Waals surface area contributed by atoms with E-state index >= 15 is 0 Å². The van der Waals surface area contributed by atoms with E-state index in [-0.39, 0.29) is 11.8 Å². The number of carbonyl (C=O) groups excluding carboxylic acids is 2. The molecule has 18 heavy (non-hydrogen) atoms. The maximum atomic E-state index is 11.6. The number of piperidine rings is 1. The summed E-state index contributed by atoms with van der Waals surface area (Å²) < 4.78 is 4.99. The summed E-state index contributed by atoms with van der Waals surface area (Å²) in [6.07, 6.45) is 0.758. The number of imide groups is 1. The summed E-state index contributed by atoms with van der Waals surface area (Å²) >= 11 is 0. The topological polar surface area (TPSA) is 106 Å². The Morgan fingerprint density at radius 1 is 1.50 bits per heavy atom. The Morgan fingerprint density at radius 2 is 2.28 bits per heavy atom. The van der Waals surface area contributed by atoms with Crippen molar-refractivity contribution in [2.45, 2.75) is 18.9 Å². The quantitative estimate of drug-likeness (QED) is 0.646. The van der Waals surface area contributed by atoms with Crippen molar-refractivity contribution in [1.29, 1.82) is 0 Å². The zero-order chi connectivity index (χ0) is 13.1. The van der Waals surface area contributed by atoms with Crippen LogP contribution in [0.3, 0.4) is 0 Å². The zero-order valence-electron chi connectivity index (χ0n) is 9.90. The van der Waals surface area contributed by atoms with Crippen molar-refractivity contribution in [2.24, 2.45) is 0 Å². The van der Waals surface area contributed by atoms with Crippen molar-refractivity contribution in [1.82, 2.24) is 10.3 Å². The highest BCUT2D eigenvalue weighted by atomic mass is 16.5. The van der Waals surface area contributed by atoms with Gasteiger partial charge in [0.25, 0.3) is 0 Å². The molecule has 0 bridgehead atoms. The first kappa shape index (κ1) is 12.2. The van der Waals surface area contributed by atoms with Crippen LogP contribution in [0, 0.1) is 0 Å². The highest BCUT2D eigenvalue weighted by Gasteiger charge is 2.26. The Balaban J connectivity index is 2.09. The van der Waals surface area contributed by atoms with Crippen molar-refractivity contribution in [3.05, 3.63) is 12.1 Å². The van der Waals surface area contributed by atoms with Gasteiger partial charge in [0.15, 0.2) is 0 Å². The van der Waals surface area contributed by atoms with Gasteiger partial charge in [-0.3, -0.25) is 14.9 Å². The normalized spacial score (nSPS) is 19.3. The number of amides is 2. The average molecular weight is 250 g/mol. The minimum absolute atomic E-state index is 0.249. The zero-order valence-corrected chi connectivity index (χ0v) is 9.90. The number of hydrogen-bond donors (Lipinski definition) is 3. The van der Waals surface area contributed by atoms with E-state index in [4.69, 9.17) is 10.5 Å². The SMILES string of the molecule is COc1nc(NC2CCC(=O)NC2=O)ccc1N. The average Bonchev–Trinajstić information content (AvgIpc) is 2.35. The first-order valence-corrected chi connectivity index (χ1v) is 5.51. The number of rotatable bonds is 3. The van der Waals surface area contributed by atoms with Gasteiger partial charge in [0.2, 0.25) is 17.7 Å². The van der Waals surface area contributed by atoms with Crippen molar-refractivity contribution in [3.8, 4) is 5.88 Å². The Morgan fingerprint density at radius 3 is 2.94 bits per heavy atom. The Kier molecular flexibility index (Phi) is 3.31. The molecule has 0 spiro atoms. The lowest BCUT2D eigenvalue weighted by molar-refractivity contribution is -0.133. The van der Waals surface area contributed by atoms with Crippen LogP contribution in [0.1, 0.15) is 12.8 Å². The van der Waals surface area contributed by atoms with E-state index in [0.29, 0.717) is 30.2 Å². The van der Waals surface area contributed by atoms with Gasteiger partial charge in [-0.15, -0.1) is 0 Å². The standard InChI is InChI=1S/C11H14N4O3/c1-18-11-6(12)2-4-8(14-11)13-7-3-5-9(16)15-10(7)17/h2,4,7H,3,5,12H2,1H3,(H,13,14)(H,15,16,17). The van der Waals surface area contributed by atoms with Gasteiger partial charge in [-0.05, 0) is 18.6 Å². The van der Waals surface area contributed by atoms with Gasteiger partial charge in [0, 0.05) is 6.42 Å². The fourth-order valence-electron chi connectivity index (χ4n) is 1.70. The number of anilines is 2. The van der Waals surface area contributed by atoms with Gasteiger partial charge in [0.1, 0.15) is 11.9 Å². The van der Waals surface area contributed by atoms with Crippen molar-refractivity contribution >= 4 is 23.3 Å². The monoisotopic (exact) mass is 250 g/mol. The van der Waals surface area contributed by atoms with Gasteiger partial charge in [-0.1, -0.05) is 0 Å². The number of nitrogens with zero attached hydrogens (tertiary/aromatic N) is 1. The number of nitrogen functional groups attached to an aromatic ring is 1. The van der Waals surface area contributed by atoms with E-state index in [1.54, 1.807) is 12.1 Å². The molecule has 1 aliphatic heterocycles. The molecule has 1 saturated heterocycles. The minimum atomic E-state index is -0.469. The number of hydrogen-bond acceptors (Lipinski definition) is 6. The Labute approximate surface area is 104 Å². The molecule has 1 aromatic rings. The maximum Gasteiger partial charge on any atom is 0.249 e. The lowest BCUT2D eigenvalue weighted by Crippen LogP contribution is -2.47. The van der Waals surface area contributed by atoms with Crippen molar-refractivity contribution in [3.63, 3.8) is 0 Å². The number of nitrogens with two attached hydrogens (primary N) is 1. The Bertz CT molecular complexity index is 489. The predicted molar refractivity (Wildman–Crippen MR) is 65.0 cm³/mol. The number of aromatic nitrogens is 1. The lowest BCUT2D eigenvalue weighted by atomic mass is 10.1. The third-order valence-electron chi connectivity index (χ3n) is 2.64. The molecule has 1 aromatic heterocycles. The highest BCUT2D eigenvalue weighted by Crippen LogP contribution is 2.21. The summed E-state index contributed by atoms with van der Waals surface area (Å²) in [6, 6.07) is 2.82. The number of methoxy groups -OCH3 is 1. The molecule has 2 amide bonds. The fourth-order valence-corrected chi connectivity index (χ4v) is 1.70. The van der Waals surface area contributed by atoms with Crippen LogP contribution in [0.4, 0.5) is 11.5 Å². The van der Waals surface area contributed by atoms with Gasteiger partial charge in [-0.2, -0.15) is 4.98 Å². The largest absolute Gasteiger partial charge is 0.479 e. The second kappa shape index (κ2) is 4.91. The molecule has 0 aromatic carbocycles. The summed E-state index contributed by atoms with van der Waals surface area (Å²) in [5.74, 6) is 0.188. The molecule has 7 nitrogen and oxygen atoms in total. The van der Waals surface area contributed by atoms with E-state index in [2.05, 4.69) is 15.6 Å².